The lowest BCUT2D eigenvalue weighted by molar-refractivity contribution is 0.0974. The van der Waals surface area contributed by atoms with Crippen LogP contribution in [0.3, 0.4) is 0 Å². The number of carbonyl (C=O) groups is 1. The minimum atomic E-state index is -0.304. The summed E-state index contributed by atoms with van der Waals surface area (Å²) < 4.78 is 16.1. The molecule has 0 unspecified atom stereocenters. The van der Waals surface area contributed by atoms with Crippen molar-refractivity contribution in [3.63, 3.8) is 0 Å². The first-order chi connectivity index (χ1) is 13.3. The van der Waals surface area contributed by atoms with Gasteiger partial charge in [0.25, 0.3) is 5.91 Å². The average molecular weight is 404 g/mol. The summed E-state index contributed by atoms with van der Waals surface area (Å²) in [6.07, 6.45) is 0.803. The number of rotatable bonds is 7. The van der Waals surface area contributed by atoms with E-state index in [2.05, 4.69) is 15.0 Å². The van der Waals surface area contributed by atoms with Crippen LogP contribution in [0.25, 0.3) is 10.2 Å². The first-order valence-electron chi connectivity index (χ1n) is 9.35. The molecule has 0 bridgehead atoms. The molecule has 0 fully saturated rings. The van der Waals surface area contributed by atoms with E-state index >= 15 is 0 Å². The van der Waals surface area contributed by atoms with Gasteiger partial charge in [0.2, 0.25) is 0 Å². The van der Waals surface area contributed by atoms with Crippen LogP contribution in [0.4, 0.5) is 9.52 Å². The van der Waals surface area contributed by atoms with E-state index in [9.17, 15) is 9.18 Å². The van der Waals surface area contributed by atoms with Gasteiger partial charge in [-0.2, -0.15) is 5.10 Å². The molecule has 0 saturated carbocycles. The molecule has 2 aromatic heterocycles. The molecule has 0 aliphatic carbocycles. The minimum Gasteiger partial charge on any atom is -0.309 e. The number of hydrogen-bond donors (Lipinski definition) is 0. The van der Waals surface area contributed by atoms with Crippen molar-refractivity contribution in [3.8, 4) is 0 Å². The predicted molar refractivity (Wildman–Crippen MR) is 112 cm³/mol. The molecule has 0 atom stereocenters. The molecule has 0 aliphatic rings. The van der Waals surface area contributed by atoms with Gasteiger partial charge in [0.15, 0.2) is 5.13 Å². The van der Waals surface area contributed by atoms with Crippen molar-refractivity contribution in [1.82, 2.24) is 19.7 Å². The summed E-state index contributed by atoms with van der Waals surface area (Å²) in [5.74, 6) is -0.436. The van der Waals surface area contributed by atoms with E-state index in [1.54, 1.807) is 15.6 Å². The first kappa shape index (κ1) is 20.4. The summed E-state index contributed by atoms with van der Waals surface area (Å²) in [6, 6.07) is 6.38. The van der Waals surface area contributed by atoms with Gasteiger partial charge in [-0.15, -0.1) is 0 Å². The molecule has 0 radical (unpaired) electrons. The number of thiazole rings is 1. The molecule has 28 heavy (non-hydrogen) atoms. The quantitative estimate of drug-likeness (QED) is 0.595. The lowest BCUT2D eigenvalue weighted by Gasteiger charge is -2.22. The van der Waals surface area contributed by atoms with E-state index in [4.69, 9.17) is 0 Å². The lowest BCUT2D eigenvalue weighted by atomic mass is 10.3. The van der Waals surface area contributed by atoms with Crippen LogP contribution in [-0.4, -0.2) is 52.8 Å². The van der Waals surface area contributed by atoms with E-state index in [1.165, 1.54) is 23.5 Å². The standard InChI is InChI=1S/C20H26FN5OS/c1-13(2)26-17(11-14(3)23-26)19(27)25(10-6-9-24(4)5)20-22-16-8-7-15(21)12-18(16)28-20/h7-8,11-13H,6,9-10H2,1-5H3. The highest BCUT2D eigenvalue weighted by Crippen LogP contribution is 2.30. The molecule has 3 rings (SSSR count). The summed E-state index contributed by atoms with van der Waals surface area (Å²) in [5, 5.41) is 5.05. The van der Waals surface area contributed by atoms with Gasteiger partial charge in [-0.1, -0.05) is 11.3 Å². The normalized spacial score (nSPS) is 11.7. The van der Waals surface area contributed by atoms with Crippen molar-refractivity contribution in [2.45, 2.75) is 33.2 Å². The Balaban J connectivity index is 1.99. The van der Waals surface area contributed by atoms with E-state index in [1.807, 2.05) is 40.9 Å². The van der Waals surface area contributed by atoms with Crippen LogP contribution in [0.15, 0.2) is 24.3 Å². The maximum Gasteiger partial charge on any atom is 0.278 e. The molecule has 3 aromatic rings. The molecule has 1 amide bonds. The van der Waals surface area contributed by atoms with Crippen molar-refractivity contribution in [1.29, 1.82) is 0 Å². The Labute approximate surface area is 168 Å². The van der Waals surface area contributed by atoms with Crippen LogP contribution < -0.4 is 4.90 Å². The van der Waals surface area contributed by atoms with E-state index in [0.717, 1.165) is 23.4 Å². The molecule has 2 heterocycles. The number of fused-ring (bicyclic) bond motifs is 1. The number of hydrogen-bond acceptors (Lipinski definition) is 5. The molecule has 0 saturated heterocycles. The summed E-state index contributed by atoms with van der Waals surface area (Å²) in [4.78, 5) is 21.8. The Morgan fingerprint density at radius 2 is 2.00 bits per heavy atom. The smallest absolute Gasteiger partial charge is 0.278 e. The molecule has 6 nitrogen and oxygen atoms in total. The van der Waals surface area contributed by atoms with Crippen LogP contribution in [-0.2, 0) is 0 Å². The number of aryl methyl sites for hydroxylation is 1. The van der Waals surface area contributed by atoms with Crippen LogP contribution in [0.2, 0.25) is 0 Å². The third-order valence-electron chi connectivity index (χ3n) is 4.37. The number of nitrogens with zero attached hydrogens (tertiary/aromatic N) is 5. The number of aromatic nitrogens is 3. The molecule has 1 aromatic carbocycles. The van der Waals surface area contributed by atoms with Crippen molar-refractivity contribution < 1.29 is 9.18 Å². The third kappa shape index (κ3) is 4.39. The topological polar surface area (TPSA) is 54.3 Å². The average Bonchev–Trinajstić information content (AvgIpc) is 3.21. The van der Waals surface area contributed by atoms with Gasteiger partial charge in [0, 0.05) is 12.6 Å². The van der Waals surface area contributed by atoms with Gasteiger partial charge >= 0.3 is 0 Å². The largest absolute Gasteiger partial charge is 0.309 e. The van der Waals surface area contributed by atoms with E-state index < -0.39 is 0 Å². The second-order valence-corrected chi connectivity index (χ2v) is 8.44. The van der Waals surface area contributed by atoms with Crippen molar-refractivity contribution in [3.05, 3.63) is 41.5 Å². The zero-order valence-corrected chi connectivity index (χ0v) is 17.8. The fourth-order valence-electron chi connectivity index (χ4n) is 3.04. The Kier molecular flexibility index (Phi) is 6.10. The second kappa shape index (κ2) is 8.36. The predicted octanol–water partition coefficient (Wildman–Crippen LogP) is 4.12. The van der Waals surface area contributed by atoms with Gasteiger partial charge in [-0.3, -0.25) is 14.4 Å². The fourth-order valence-corrected chi connectivity index (χ4v) is 4.05. The van der Waals surface area contributed by atoms with Crippen molar-refractivity contribution in [2.24, 2.45) is 0 Å². The molecule has 0 spiro atoms. The first-order valence-corrected chi connectivity index (χ1v) is 10.2. The molecular formula is C20H26FN5OS. The van der Waals surface area contributed by atoms with Crippen LogP contribution in [0, 0.1) is 12.7 Å². The maximum absolute atomic E-state index is 13.6. The summed E-state index contributed by atoms with van der Waals surface area (Å²) in [7, 11) is 4.01. The highest BCUT2D eigenvalue weighted by Gasteiger charge is 2.25. The van der Waals surface area contributed by atoms with Crippen LogP contribution in [0.1, 0.15) is 42.5 Å². The Bertz CT molecular complexity index is 978. The van der Waals surface area contributed by atoms with Gasteiger partial charge in [0.05, 0.1) is 15.9 Å². The van der Waals surface area contributed by atoms with Gasteiger partial charge in [0.1, 0.15) is 11.5 Å². The summed E-state index contributed by atoms with van der Waals surface area (Å²) in [6.45, 7) is 7.26. The minimum absolute atomic E-state index is 0.0701. The highest BCUT2D eigenvalue weighted by molar-refractivity contribution is 7.22. The third-order valence-corrected chi connectivity index (χ3v) is 5.41. The molecule has 0 aliphatic heterocycles. The number of amides is 1. The van der Waals surface area contributed by atoms with E-state index in [0.29, 0.717) is 22.9 Å². The van der Waals surface area contributed by atoms with Gasteiger partial charge in [-0.25, -0.2) is 9.37 Å². The van der Waals surface area contributed by atoms with E-state index in [-0.39, 0.29) is 17.8 Å². The van der Waals surface area contributed by atoms with Gasteiger partial charge < -0.3 is 4.90 Å². The summed E-state index contributed by atoms with van der Waals surface area (Å²) >= 11 is 1.33. The second-order valence-electron chi connectivity index (χ2n) is 7.43. The number of halogens is 1. The highest BCUT2D eigenvalue weighted by atomic mass is 32.1. The van der Waals surface area contributed by atoms with Crippen LogP contribution in [0.5, 0.6) is 0 Å². The molecule has 0 N–H and O–H groups in total. The number of carbonyl (C=O) groups excluding carboxylic acids is 1. The van der Waals surface area contributed by atoms with Crippen molar-refractivity contribution >= 4 is 32.6 Å². The maximum atomic E-state index is 13.6. The number of anilines is 1. The fraction of sp³-hybridized carbons (Fsp3) is 0.450. The zero-order valence-electron chi connectivity index (χ0n) is 16.9. The zero-order chi connectivity index (χ0) is 20.4. The lowest BCUT2D eigenvalue weighted by Crippen LogP contribution is -2.35. The Morgan fingerprint density at radius 1 is 1.25 bits per heavy atom. The molecule has 150 valence electrons. The van der Waals surface area contributed by atoms with Crippen molar-refractivity contribution in [2.75, 3.05) is 32.1 Å². The SMILES string of the molecule is Cc1cc(C(=O)N(CCCN(C)C)c2nc3ccc(F)cc3s2)n(C(C)C)n1. The molecular weight excluding hydrogens is 377 g/mol. The number of benzene rings is 1. The van der Waals surface area contributed by atoms with Gasteiger partial charge in [-0.05, 0) is 72.1 Å². The Morgan fingerprint density at radius 3 is 2.68 bits per heavy atom. The molecule has 8 heteroatoms. The summed E-state index contributed by atoms with van der Waals surface area (Å²) in [5.41, 5.74) is 2.04. The monoisotopic (exact) mass is 403 g/mol. The Hall–Kier alpha value is -2.32. The van der Waals surface area contributed by atoms with Crippen LogP contribution >= 0.6 is 11.3 Å².